The average molecular weight is 378 g/mol. The Kier molecular flexibility index (Phi) is 5.53. The van der Waals surface area contributed by atoms with Gasteiger partial charge in [0.05, 0.1) is 37.4 Å². The molecule has 3 heterocycles. The smallest absolute Gasteiger partial charge is 0.251 e. The van der Waals surface area contributed by atoms with Gasteiger partial charge < -0.3 is 24.7 Å². The third-order valence-electron chi connectivity index (χ3n) is 4.54. The second-order valence-electron chi connectivity index (χ2n) is 6.43. The molecule has 144 valence electrons. The van der Waals surface area contributed by atoms with E-state index in [1.54, 1.807) is 30.7 Å². The minimum atomic E-state index is -0.177. The number of pyridine rings is 1. The minimum absolute atomic E-state index is 0.177. The van der Waals surface area contributed by atoms with Gasteiger partial charge in [0.25, 0.3) is 5.91 Å². The first kappa shape index (κ1) is 18.1. The van der Waals surface area contributed by atoms with Crippen LogP contribution < -0.4 is 15.5 Å². The lowest BCUT2D eigenvalue weighted by Gasteiger charge is -2.30. The molecule has 1 aromatic carbocycles. The van der Waals surface area contributed by atoms with Crippen LogP contribution in [0.3, 0.4) is 0 Å². The van der Waals surface area contributed by atoms with Crippen LogP contribution in [0, 0.1) is 0 Å². The van der Waals surface area contributed by atoms with Crippen LogP contribution in [0.25, 0.3) is 0 Å². The van der Waals surface area contributed by atoms with Crippen LogP contribution in [0.4, 0.5) is 17.2 Å². The van der Waals surface area contributed by atoms with Crippen molar-refractivity contribution < 1.29 is 13.9 Å². The Morgan fingerprint density at radius 2 is 1.96 bits per heavy atom. The van der Waals surface area contributed by atoms with E-state index < -0.39 is 0 Å². The molecule has 0 radical (unpaired) electrons. The number of anilines is 3. The van der Waals surface area contributed by atoms with Gasteiger partial charge >= 0.3 is 0 Å². The second-order valence-corrected chi connectivity index (χ2v) is 6.43. The number of hydrogen-bond donors (Lipinski definition) is 2. The Bertz CT molecular complexity index is 921. The maximum Gasteiger partial charge on any atom is 0.251 e. The Morgan fingerprint density at radius 3 is 2.79 bits per heavy atom. The molecule has 0 spiro atoms. The molecule has 0 aliphatic carbocycles. The molecule has 2 aromatic heterocycles. The largest absolute Gasteiger partial charge is 0.467 e. The number of carbonyl (C=O) groups is 1. The van der Waals surface area contributed by atoms with Crippen molar-refractivity contribution in [3.05, 3.63) is 72.3 Å². The maximum atomic E-state index is 12.4. The predicted molar refractivity (Wildman–Crippen MR) is 107 cm³/mol. The van der Waals surface area contributed by atoms with E-state index in [2.05, 4.69) is 26.6 Å². The third-order valence-corrected chi connectivity index (χ3v) is 4.54. The number of benzene rings is 1. The number of nitrogens with one attached hydrogen (secondary N) is 2. The molecule has 1 amide bonds. The van der Waals surface area contributed by atoms with Crippen LogP contribution in [0.15, 0.2) is 65.4 Å². The first-order valence-electron chi connectivity index (χ1n) is 9.25. The van der Waals surface area contributed by atoms with Gasteiger partial charge in [-0.3, -0.25) is 4.79 Å². The fraction of sp³-hybridized carbons (Fsp3) is 0.238. The molecule has 2 N–H and O–H groups in total. The summed E-state index contributed by atoms with van der Waals surface area (Å²) in [7, 11) is 0. The third kappa shape index (κ3) is 4.32. The zero-order chi connectivity index (χ0) is 19.2. The monoisotopic (exact) mass is 378 g/mol. The fourth-order valence-corrected chi connectivity index (χ4v) is 3.12. The maximum absolute atomic E-state index is 12.4. The fourth-order valence-electron chi connectivity index (χ4n) is 3.12. The highest BCUT2D eigenvalue weighted by Crippen LogP contribution is 2.28. The molecule has 1 aliphatic heterocycles. The number of ether oxygens (including phenoxy) is 1. The molecule has 4 rings (SSSR count). The molecule has 7 nitrogen and oxygen atoms in total. The van der Waals surface area contributed by atoms with E-state index >= 15 is 0 Å². The number of para-hydroxylation sites is 2. The lowest BCUT2D eigenvalue weighted by atomic mass is 10.2. The highest BCUT2D eigenvalue weighted by atomic mass is 16.5. The molecule has 0 unspecified atom stereocenters. The first-order chi connectivity index (χ1) is 13.8. The summed E-state index contributed by atoms with van der Waals surface area (Å²) >= 11 is 0. The van der Waals surface area contributed by atoms with Crippen molar-refractivity contribution in [3.8, 4) is 0 Å². The zero-order valence-corrected chi connectivity index (χ0v) is 15.4. The number of furan rings is 1. The van der Waals surface area contributed by atoms with Gasteiger partial charge in [-0.05, 0) is 36.4 Å². The molecule has 28 heavy (non-hydrogen) atoms. The van der Waals surface area contributed by atoms with Crippen LogP contribution in [0.5, 0.6) is 0 Å². The molecular formula is C21H22N4O3. The van der Waals surface area contributed by atoms with Crippen molar-refractivity contribution in [1.29, 1.82) is 0 Å². The summed E-state index contributed by atoms with van der Waals surface area (Å²) in [5.74, 6) is 1.15. The summed E-state index contributed by atoms with van der Waals surface area (Å²) in [5.41, 5.74) is 2.58. The summed E-state index contributed by atoms with van der Waals surface area (Å²) in [6.07, 6.45) is 3.21. The number of rotatable bonds is 6. The number of nitrogens with zero attached hydrogens (tertiary/aromatic N) is 2. The van der Waals surface area contributed by atoms with Gasteiger partial charge in [-0.2, -0.15) is 0 Å². The van der Waals surface area contributed by atoms with Crippen molar-refractivity contribution in [1.82, 2.24) is 10.3 Å². The minimum Gasteiger partial charge on any atom is -0.467 e. The average Bonchev–Trinajstić information content (AvgIpc) is 3.27. The van der Waals surface area contributed by atoms with Gasteiger partial charge in [0, 0.05) is 24.8 Å². The van der Waals surface area contributed by atoms with Gasteiger partial charge in [-0.15, -0.1) is 0 Å². The Hall–Kier alpha value is -3.32. The van der Waals surface area contributed by atoms with Crippen molar-refractivity contribution in [2.24, 2.45) is 0 Å². The van der Waals surface area contributed by atoms with Crippen molar-refractivity contribution in [2.45, 2.75) is 6.54 Å². The van der Waals surface area contributed by atoms with Crippen LogP contribution in [0.1, 0.15) is 16.1 Å². The zero-order valence-electron chi connectivity index (χ0n) is 15.4. The van der Waals surface area contributed by atoms with Crippen LogP contribution in [-0.2, 0) is 11.3 Å². The quantitative estimate of drug-likeness (QED) is 0.686. The van der Waals surface area contributed by atoms with Crippen LogP contribution in [0.2, 0.25) is 0 Å². The Labute approximate surface area is 163 Å². The van der Waals surface area contributed by atoms with E-state index in [0.29, 0.717) is 23.7 Å². The van der Waals surface area contributed by atoms with Crippen LogP contribution >= 0.6 is 0 Å². The lowest BCUT2D eigenvalue weighted by molar-refractivity contribution is 0.0948. The van der Waals surface area contributed by atoms with Crippen molar-refractivity contribution in [3.63, 3.8) is 0 Å². The van der Waals surface area contributed by atoms with E-state index in [9.17, 15) is 4.79 Å². The molecule has 1 fully saturated rings. The van der Waals surface area contributed by atoms with Gasteiger partial charge in [-0.25, -0.2) is 4.98 Å². The van der Waals surface area contributed by atoms with E-state index in [0.717, 1.165) is 37.7 Å². The first-order valence-corrected chi connectivity index (χ1v) is 9.25. The summed E-state index contributed by atoms with van der Waals surface area (Å²) in [6, 6.07) is 15.1. The highest BCUT2D eigenvalue weighted by Gasteiger charge is 2.15. The standard InChI is InChI=1S/C21H22N4O3/c26-21(23-15-17-4-3-11-28-17)16-7-8-22-20(14-16)24-18-5-1-2-6-19(18)25-9-12-27-13-10-25/h1-8,11,14H,9-10,12-13,15H2,(H,22,24)(H,23,26). The normalized spacial score (nSPS) is 13.9. The highest BCUT2D eigenvalue weighted by molar-refractivity contribution is 5.95. The van der Waals surface area contributed by atoms with E-state index in [-0.39, 0.29) is 5.91 Å². The summed E-state index contributed by atoms with van der Waals surface area (Å²) < 4.78 is 10.7. The van der Waals surface area contributed by atoms with E-state index in [1.807, 2.05) is 24.3 Å². The molecular weight excluding hydrogens is 356 g/mol. The molecule has 0 atom stereocenters. The Balaban J connectivity index is 1.47. The molecule has 1 aliphatic rings. The van der Waals surface area contributed by atoms with E-state index in [4.69, 9.17) is 9.15 Å². The summed E-state index contributed by atoms with van der Waals surface area (Å²) in [4.78, 5) is 19.1. The SMILES string of the molecule is O=C(NCc1ccco1)c1ccnc(Nc2ccccc2N2CCOCC2)c1. The number of amides is 1. The number of carbonyl (C=O) groups excluding carboxylic acids is 1. The van der Waals surface area contributed by atoms with E-state index in [1.165, 1.54) is 0 Å². The molecule has 0 bridgehead atoms. The van der Waals surface area contributed by atoms with Crippen molar-refractivity contribution in [2.75, 3.05) is 36.5 Å². The number of aromatic nitrogens is 1. The van der Waals surface area contributed by atoms with Gasteiger partial charge in [0.2, 0.25) is 0 Å². The molecule has 0 saturated carbocycles. The molecule has 1 saturated heterocycles. The number of hydrogen-bond acceptors (Lipinski definition) is 6. The lowest BCUT2D eigenvalue weighted by Crippen LogP contribution is -2.36. The molecule has 7 heteroatoms. The van der Waals surface area contributed by atoms with Crippen LogP contribution in [-0.4, -0.2) is 37.2 Å². The topological polar surface area (TPSA) is 79.6 Å². The Morgan fingerprint density at radius 1 is 1.11 bits per heavy atom. The summed E-state index contributed by atoms with van der Waals surface area (Å²) in [6.45, 7) is 3.48. The summed E-state index contributed by atoms with van der Waals surface area (Å²) in [5, 5.41) is 6.19. The van der Waals surface area contributed by atoms with Crippen molar-refractivity contribution >= 4 is 23.1 Å². The molecule has 3 aromatic rings. The predicted octanol–water partition coefficient (Wildman–Crippen LogP) is 3.18. The van der Waals surface area contributed by atoms with Gasteiger partial charge in [-0.1, -0.05) is 12.1 Å². The number of morpholine rings is 1. The van der Waals surface area contributed by atoms with Gasteiger partial charge in [0.15, 0.2) is 0 Å². The second kappa shape index (κ2) is 8.58. The van der Waals surface area contributed by atoms with Gasteiger partial charge in [0.1, 0.15) is 11.6 Å².